The molecule has 2 rings (SSSR count). The van der Waals surface area contributed by atoms with E-state index in [0.717, 1.165) is 24.8 Å². The minimum atomic E-state index is -0.355. The van der Waals surface area contributed by atoms with E-state index in [1.807, 2.05) is 20.8 Å². The Morgan fingerprint density at radius 2 is 1.65 bits per heavy atom. The molecule has 0 aromatic carbocycles. The van der Waals surface area contributed by atoms with Crippen LogP contribution in [0.2, 0.25) is 0 Å². The number of ether oxygens (including phenoxy) is 2. The Morgan fingerprint density at radius 3 is 2.20 bits per heavy atom. The van der Waals surface area contributed by atoms with E-state index in [9.17, 15) is 9.59 Å². The van der Waals surface area contributed by atoms with E-state index < -0.39 is 0 Å². The molecule has 0 heterocycles. The van der Waals surface area contributed by atoms with Crippen molar-refractivity contribution in [2.45, 2.75) is 40.0 Å². The average molecular weight is 278 g/mol. The molecule has 2 bridgehead atoms. The summed E-state index contributed by atoms with van der Waals surface area (Å²) in [6.07, 6.45) is 4.43. The van der Waals surface area contributed by atoms with Crippen LogP contribution in [0.4, 0.5) is 0 Å². The lowest BCUT2D eigenvalue weighted by Gasteiger charge is -2.17. The lowest BCUT2D eigenvalue weighted by Crippen LogP contribution is -2.21. The minimum Gasteiger partial charge on any atom is -0.462 e. The normalized spacial score (nSPS) is 23.9. The van der Waals surface area contributed by atoms with Crippen molar-refractivity contribution in [1.29, 1.82) is 0 Å². The third-order valence-corrected chi connectivity index (χ3v) is 3.83. The third kappa shape index (κ3) is 2.65. The van der Waals surface area contributed by atoms with Crippen LogP contribution in [-0.2, 0) is 19.1 Å². The van der Waals surface area contributed by atoms with Gasteiger partial charge in [-0.05, 0) is 26.2 Å². The Labute approximate surface area is 119 Å². The van der Waals surface area contributed by atoms with Crippen LogP contribution < -0.4 is 0 Å². The molecular weight excluding hydrogens is 256 g/mol. The molecule has 0 fully saturated rings. The van der Waals surface area contributed by atoms with Crippen molar-refractivity contribution in [2.24, 2.45) is 11.8 Å². The summed E-state index contributed by atoms with van der Waals surface area (Å²) in [7, 11) is 0. The van der Waals surface area contributed by atoms with Gasteiger partial charge in [-0.3, -0.25) is 0 Å². The maximum atomic E-state index is 12.2. The van der Waals surface area contributed by atoms with Crippen LogP contribution in [0.15, 0.2) is 22.8 Å². The van der Waals surface area contributed by atoms with Crippen molar-refractivity contribution in [3.05, 3.63) is 22.8 Å². The largest absolute Gasteiger partial charge is 0.462 e. The monoisotopic (exact) mass is 278 g/mol. The van der Waals surface area contributed by atoms with E-state index in [1.54, 1.807) is 0 Å². The number of allylic oxidation sites excluding steroid dienone is 2. The number of carbonyl (C=O) groups is 2. The van der Waals surface area contributed by atoms with Gasteiger partial charge < -0.3 is 9.47 Å². The van der Waals surface area contributed by atoms with E-state index in [4.69, 9.17) is 9.47 Å². The van der Waals surface area contributed by atoms with E-state index >= 15 is 0 Å². The number of hydrogen-bond donors (Lipinski definition) is 0. The summed E-state index contributed by atoms with van der Waals surface area (Å²) >= 11 is 0. The SMILES string of the molecule is CCCOC(=O)C1=C(C(=O)OCCC)C2CC1C=C2C. The first kappa shape index (κ1) is 14.8. The Hall–Kier alpha value is -1.58. The van der Waals surface area contributed by atoms with Gasteiger partial charge in [-0.2, -0.15) is 0 Å². The van der Waals surface area contributed by atoms with Gasteiger partial charge in [0.05, 0.1) is 24.4 Å². The van der Waals surface area contributed by atoms with Gasteiger partial charge in [0.15, 0.2) is 0 Å². The summed E-state index contributed by atoms with van der Waals surface area (Å²) in [6.45, 7) is 6.68. The molecular formula is C16H22O4. The fourth-order valence-electron chi connectivity index (χ4n) is 2.93. The Balaban J connectivity index is 2.22. The number of fused-ring (bicyclic) bond motifs is 2. The maximum Gasteiger partial charge on any atom is 0.335 e. The summed E-state index contributed by atoms with van der Waals surface area (Å²) in [5.74, 6) is -0.649. The Bertz CT molecular complexity index is 473. The number of rotatable bonds is 6. The van der Waals surface area contributed by atoms with Crippen molar-refractivity contribution in [3.63, 3.8) is 0 Å². The fraction of sp³-hybridized carbons (Fsp3) is 0.625. The van der Waals surface area contributed by atoms with Gasteiger partial charge in [0.2, 0.25) is 0 Å². The molecule has 0 amide bonds. The van der Waals surface area contributed by atoms with E-state index in [1.165, 1.54) is 0 Å². The number of hydrogen-bond acceptors (Lipinski definition) is 4. The van der Waals surface area contributed by atoms with Gasteiger partial charge in [-0.25, -0.2) is 9.59 Å². The molecule has 20 heavy (non-hydrogen) atoms. The first-order valence-corrected chi connectivity index (χ1v) is 7.36. The highest BCUT2D eigenvalue weighted by Crippen LogP contribution is 2.48. The highest BCUT2D eigenvalue weighted by atomic mass is 16.5. The molecule has 110 valence electrons. The lowest BCUT2D eigenvalue weighted by atomic mass is 9.92. The molecule has 0 spiro atoms. The van der Waals surface area contributed by atoms with Crippen LogP contribution in [0, 0.1) is 11.8 Å². The molecule has 0 aromatic heterocycles. The second-order valence-electron chi connectivity index (χ2n) is 5.40. The summed E-state index contributed by atoms with van der Waals surface area (Å²) in [6, 6.07) is 0. The predicted octanol–water partition coefficient (Wildman–Crippen LogP) is 2.79. The van der Waals surface area contributed by atoms with Crippen LogP contribution in [0.25, 0.3) is 0 Å². The molecule has 2 aliphatic rings. The molecule has 0 saturated carbocycles. The summed E-state index contributed by atoms with van der Waals surface area (Å²) < 4.78 is 10.4. The standard InChI is InChI=1S/C16H22O4/c1-4-6-19-15(17)13-11-8-10(3)12(9-11)14(13)16(18)20-7-5-2/h8,11-12H,4-7,9H2,1-3H3. The lowest BCUT2D eigenvalue weighted by molar-refractivity contribution is -0.142. The van der Waals surface area contributed by atoms with E-state index in [2.05, 4.69) is 6.08 Å². The first-order valence-electron chi connectivity index (χ1n) is 7.36. The quantitative estimate of drug-likeness (QED) is 0.554. The predicted molar refractivity (Wildman–Crippen MR) is 74.9 cm³/mol. The molecule has 0 aromatic rings. The summed E-state index contributed by atoms with van der Waals surface area (Å²) in [5, 5.41) is 0. The minimum absolute atomic E-state index is 0.0218. The van der Waals surface area contributed by atoms with Gasteiger partial charge >= 0.3 is 11.9 Å². The van der Waals surface area contributed by atoms with Crippen LogP contribution in [0.5, 0.6) is 0 Å². The molecule has 4 heteroatoms. The average Bonchev–Trinajstić information content (AvgIpc) is 2.98. The number of esters is 2. The molecule has 4 nitrogen and oxygen atoms in total. The topological polar surface area (TPSA) is 52.6 Å². The van der Waals surface area contributed by atoms with E-state index in [0.29, 0.717) is 24.4 Å². The van der Waals surface area contributed by atoms with Gasteiger partial charge in [-0.1, -0.05) is 25.5 Å². The molecule has 0 saturated heterocycles. The fourth-order valence-corrected chi connectivity index (χ4v) is 2.93. The molecule has 2 atom stereocenters. The Morgan fingerprint density at radius 1 is 1.10 bits per heavy atom. The maximum absolute atomic E-state index is 12.2. The number of carbonyl (C=O) groups excluding carboxylic acids is 2. The molecule has 2 aliphatic carbocycles. The summed E-state index contributed by atoms with van der Waals surface area (Å²) in [5.41, 5.74) is 2.21. The van der Waals surface area contributed by atoms with Gasteiger partial charge in [0.25, 0.3) is 0 Å². The smallest absolute Gasteiger partial charge is 0.335 e. The van der Waals surface area contributed by atoms with Crippen molar-refractivity contribution < 1.29 is 19.1 Å². The van der Waals surface area contributed by atoms with Gasteiger partial charge in [0, 0.05) is 11.8 Å². The second kappa shape index (κ2) is 6.25. The first-order chi connectivity index (χ1) is 9.60. The zero-order valence-electron chi connectivity index (χ0n) is 12.4. The van der Waals surface area contributed by atoms with Crippen LogP contribution in [-0.4, -0.2) is 25.2 Å². The van der Waals surface area contributed by atoms with Crippen LogP contribution >= 0.6 is 0 Å². The molecule has 0 radical (unpaired) electrons. The van der Waals surface area contributed by atoms with Crippen molar-refractivity contribution >= 4 is 11.9 Å². The highest BCUT2D eigenvalue weighted by molar-refractivity contribution is 6.03. The zero-order valence-corrected chi connectivity index (χ0v) is 12.4. The highest BCUT2D eigenvalue weighted by Gasteiger charge is 2.45. The molecule has 0 aliphatic heterocycles. The second-order valence-corrected chi connectivity index (χ2v) is 5.40. The van der Waals surface area contributed by atoms with Gasteiger partial charge in [0.1, 0.15) is 0 Å². The third-order valence-electron chi connectivity index (χ3n) is 3.83. The zero-order chi connectivity index (χ0) is 14.7. The molecule has 2 unspecified atom stereocenters. The van der Waals surface area contributed by atoms with Crippen LogP contribution in [0.1, 0.15) is 40.0 Å². The van der Waals surface area contributed by atoms with Crippen molar-refractivity contribution in [2.75, 3.05) is 13.2 Å². The van der Waals surface area contributed by atoms with Gasteiger partial charge in [-0.15, -0.1) is 0 Å². The van der Waals surface area contributed by atoms with Crippen LogP contribution in [0.3, 0.4) is 0 Å². The summed E-state index contributed by atoms with van der Waals surface area (Å²) in [4.78, 5) is 24.4. The molecule has 0 N–H and O–H groups in total. The van der Waals surface area contributed by atoms with E-state index in [-0.39, 0.29) is 23.8 Å². The Kier molecular flexibility index (Phi) is 4.63. The van der Waals surface area contributed by atoms with Crippen molar-refractivity contribution in [1.82, 2.24) is 0 Å². The van der Waals surface area contributed by atoms with Crippen molar-refractivity contribution in [3.8, 4) is 0 Å².